The molecule has 19 nitrogen and oxygen atoms in total. The van der Waals surface area contributed by atoms with Crippen LogP contribution in [0.25, 0.3) is 11.3 Å². The number of aromatic nitrogens is 3. The number of nitrogens with zero attached hydrogens (tertiary/aromatic N) is 4. The number of unbranched alkanes of at least 4 members (excludes halogenated alkanes) is 6. The van der Waals surface area contributed by atoms with Gasteiger partial charge in [-0.3, -0.25) is 29.2 Å². The molecule has 3 fully saturated rings. The van der Waals surface area contributed by atoms with Crippen LogP contribution in [0.1, 0.15) is 158 Å². The van der Waals surface area contributed by atoms with Crippen molar-refractivity contribution in [3.63, 3.8) is 0 Å². The summed E-state index contributed by atoms with van der Waals surface area (Å²) < 4.78 is 47.2. The fourth-order valence-corrected chi connectivity index (χ4v) is 11.7. The zero-order valence-electron chi connectivity index (χ0n) is 47.2. The van der Waals surface area contributed by atoms with Gasteiger partial charge in [0.25, 0.3) is 0 Å². The molecule has 426 valence electrons. The number of carbonyl (C=O) groups excluding carboxylic acids is 3. The van der Waals surface area contributed by atoms with Crippen LogP contribution < -0.4 is 5.48 Å². The van der Waals surface area contributed by atoms with Gasteiger partial charge in [0.2, 0.25) is 5.91 Å². The summed E-state index contributed by atoms with van der Waals surface area (Å²) >= 11 is 0. The lowest BCUT2D eigenvalue weighted by Crippen LogP contribution is -2.60. The summed E-state index contributed by atoms with van der Waals surface area (Å²) in [5.41, 5.74) is 0.381. The van der Waals surface area contributed by atoms with Crippen LogP contribution in [0.5, 0.6) is 0 Å². The van der Waals surface area contributed by atoms with Crippen molar-refractivity contribution in [2.24, 2.45) is 23.7 Å². The van der Waals surface area contributed by atoms with Gasteiger partial charge in [0, 0.05) is 75.9 Å². The number of hydrogen-bond acceptors (Lipinski definition) is 17. The summed E-state index contributed by atoms with van der Waals surface area (Å²) in [5, 5.41) is 52.0. The summed E-state index contributed by atoms with van der Waals surface area (Å²) in [6.45, 7) is 19.0. The summed E-state index contributed by atoms with van der Waals surface area (Å²) in [4.78, 5) is 42.2. The summed E-state index contributed by atoms with van der Waals surface area (Å²) in [6.07, 6.45) is 3.10. The Kier molecular flexibility index (Phi) is 23.2. The lowest BCUT2D eigenvalue weighted by molar-refractivity contribution is -0.309. The molecule has 2 aromatic rings. The third-order valence-electron chi connectivity index (χ3n) is 16.7. The number of aliphatic hydroxyl groups excluding tert-OH is 2. The van der Waals surface area contributed by atoms with Crippen LogP contribution >= 0.6 is 0 Å². The van der Waals surface area contributed by atoms with Crippen LogP contribution in [0.3, 0.4) is 0 Å². The van der Waals surface area contributed by atoms with E-state index < -0.39 is 95.6 Å². The van der Waals surface area contributed by atoms with Crippen LogP contribution in [0.4, 0.5) is 0 Å². The quantitative estimate of drug-likeness (QED) is 0.0369. The molecule has 75 heavy (non-hydrogen) atoms. The molecule has 3 saturated heterocycles. The summed E-state index contributed by atoms with van der Waals surface area (Å²) in [5.74, 6) is -4.66. The molecule has 1 aromatic carbocycles. The van der Waals surface area contributed by atoms with Crippen molar-refractivity contribution in [2.75, 3.05) is 21.3 Å². The van der Waals surface area contributed by atoms with Gasteiger partial charge in [-0.1, -0.05) is 89.3 Å². The average Bonchev–Trinajstić information content (AvgIpc) is 3.87. The Labute approximate surface area is 446 Å². The highest BCUT2D eigenvalue weighted by Gasteiger charge is 2.53. The number of amides is 1. The topological polar surface area (TPSA) is 243 Å². The van der Waals surface area contributed by atoms with E-state index in [2.05, 4.69) is 46.5 Å². The average molecular weight is 1060 g/mol. The molecule has 3 aliphatic rings. The van der Waals surface area contributed by atoms with Gasteiger partial charge in [0.1, 0.15) is 29.3 Å². The number of Topliss-reactive ketones (excluding diaryl/α,β-unsaturated/α-hetero) is 1. The summed E-state index contributed by atoms with van der Waals surface area (Å²) in [7, 11) is 5.19. The van der Waals surface area contributed by atoms with Crippen LogP contribution in [-0.2, 0) is 60.6 Å². The van der Waals surface area contributed by atoms with E-state index in [4.69, 9.17) is 38.4 Å². The minimum atomic E-state index is -1.97. The lowest BCUT2D eigenvalue weighted by Gasteiger charge is -2.49. The van der Waals surface area contributed by atoms with Crippen molar-refractivity contribution in [3.8, 4) is 11.3 Å². The number of benzene rings is 1. The maximum atomic E-state index is 14.5. The maximum Gasteiger partial charge on any atom is 0.311 e. The standard InChI is InChI=1S/C56H93N5O14/c1-14-44-56(10,67)50(64)36(4)48(63)34(2)30-55(9,70-13)52(37(5)49(38(6)53(66)73-44)74-47-31-54(8,69-12)51(65)39(7)72-47)75-46-29-42(28-35(3)71-46)60(11)32-40-23-25-41(26-24-40)43-33-61(59-57-43)27-21-19-17-15-16-18-20-22-45(62)58-68/h23-26,33-39,42,44,46-47,49-52,64-65,67-68H,14-22,27-32H2,1-13H3,(H,58,62)/t34-,35-,36+,37+,38-,39+,42+,44?,46?,47?,49-,50-,51+,52-,54-,55+,56-/m1/s1. The number of esters is 1. The first-order chi connectivity index (χ1) is 35.4. The van der Waals surface area contributed by atoms with Gasteiger partial charge in [-0.15, -0.1) is 5.10 Å². The smallest absolute Gasteiger partial charge is 0.311 e. The second kappa shape index (κ2) is 27.9. The SMILES string of the molecule is CCC1OC(=O)[C@H](C)[C@H](OC2C[C@@](C)(OC)[C@@H](O)[C@H](C)O2)[C@H](C)[C@@H](OC2C[C@@H](N(C)Cc3ccc(-c4cn(CCCCCCCCCC(=O)NO)nn4)cc3)C[C@@H](C)O2)[C@@](C)(OC)C[C@@H](C)C(=O)[C@H](C)[C@@H](O)[C@]1(C)O. The first-order valence-electron chi connectivity index (χ1n) is 27.6. The third kappa shape index (κ3) is 16.1. The van der Waals surface area contributed by atoms with E-state index in [1.807, 2.05) is 31.6 Å². The van der Waals surface area contributed by atoms with Gasteiger partial charge in [-0.25, -0.2) is 5.48 Å². The van der Waals surface area contributed by atoms with Gasteiger partial charge in [-0.05, 0) is 86.3 Å². The molecule has 0 spiro atoms. The van der Waals surface area contributed by atoms with Crippen molar-refractivity contribution in [1.29, 1.82) is 0 Å². The minimum absolute atomic E-state index is 0.0406. The molecule has 1 amide bonds. The van der Waals surface area contributed by atoms with Gasteiger partial charge in [-0.2, -0.15) is 0 Å². The van der Waals surface area contributed by atoms with Crippen LogP contribution in [-0.4, -0.2) is 158 Å². The molecule has 0 bridgehead atoms. The predicted molar refractivity (Wildman–Crippen MR) is 280 cm³/mol. The molecule has 0 aliphatic carbocycles. The fraction of sp³-hybridized carbons (Fsp3) is 0.804. The number of carbonyl (C=O) groups is 3. The van der Waals surface area contributed by atoms with Crippen molar-refractivity contribution in [1.82, 2.24) is 25.4 Å². The second-order valence-electron chi connectivity index (χ2n) is 22.8. The molecule has 19 heteroatoms. The van der Waals surface area contributed by atoms with E-state index in [0.29, 0.717) is 19.4 Å². The monoisotopic (exact) mass is 1060 g/mol. The number of methoxy groups -OCH3 is 2. The number of cyclic esters (lactones) is 1. The molecule has 5 rings (SSSR count). The fourth-order valence-electron chi connectivity index (χ4n) is 11.7. The Balaban J connectivity index is 1.34. The highest BCUT2D eigenvalue weighted by atomic mass is 16.7. The molecule has 0 saturated carbocycles. The zero-order chi connectivity index (χ0) is 55.4. The Bertz CT molecular complexity index is 2090. The van der Waals surface area contributed by atoms with E-state index in [-0.39, 0.29) is 43.1 Å². The lowest BCUT2D eigenvalue weighted by atomic mass is 9.74. The second-order valence-corrected chi connectivity index (χ2v) is 22.8. The van der Waals surface area contributed by atoms with E-state index >= 15 is 0 Å². The van der Waals surface area contributed by atoms with E-state index in [9.17, 15) is 29.7 Å². The number of ether oxygens (including phenoxy) is 7. The molecule has 5 N–H and O–H groups in total. The summed E-state index contributed by atoms with van der Waals surface area (Å²) in [6, 6.07) is 8.42. The van der Waals surface area contributed by atoms with Gasteiger partial charge in [0.15, 0.2) is 12.6 Å². The zero-order valence-corrected chi connectivity index (χ0v) is 47.2. The van der Waals surface area contributed by atoms with E-state index in [1.165, 1.54) is 14.0 Å². The molecule has 1 aromatic heterocycles. The van der Waals surface area contributed by atoms with Crippen molar-refractivity contribution in [3.05, 3.63) is 36.0 Å². The number of aryl methyl sites for hydroxylation is 1. The third-order valence-corrected chi connectivity index (χ3v) is 16.7. The Morgan fingerprint density at radius 1 is 0.840 bits per heavy atom. The number of aliphatic hydroxyl groups is 3. The molecule has 17 atom stereocenters. The first-order valence-corrected chi connectivity index (χ1v) is 27.6. The molecule has 3 aliphatic heterocycles. The van der Waals surface area contributed by atoms with Crippen LogP contribution in [0.2, 0.25) is 0 Å². The highest BCUT2D eigenvalue weighted by Crippen LogP contribution is 2.42. The number of hydrogen-bond donors (Lipinski definition) is 5. The van der Waals surface area contributed by atoms with Gasteiger partial charge in [0.05, 0.1) is 53.8 Å². The van der Waals surface area contributed by atoms with Crippen LogP contribution in [0.15, 0.2) is 30.5 Å². The number of rotatable bonds is 21. The molecular weight excluding hydrogens is 967 g/mol. The Morgan fingerprint density at radius 2 is 1.48 bits per heavy atom. The number of ketones is 1. The molecular formula is C56H93N5O14. The number of hydroxylamine groups is 1. The molecule has 3 unspecified atom stereocenters. The normalized spacial score (nSPS) is 36.5. The van der Waals surface area contributed by atoms with Crippen molar-refractivity contribution in [2.45, 2.75) is 244 Å². The van der Waals surface area contributed by atoms with E-state index in [1.54, 1.807) is 54.1 Å². The predicted octanol–water partition coefficient (Wildman–Crippen LogP) is 6.92. The van der Waals surface area contributed by atoms with Crippen molar-refractivity contribution >= 4 is 17.7 Å². The van der Waals surface area contributed by atoms with Gasteiger partial charge < -0.3 is 48.5 Å². The Hall–Kier alpha value is -3.47. The van der Waals surface area contributed by atoms with Crippen molar-refractivity contribution < 1.29 is 68.1 Å². The largest absolute Gasteiger partial charge is 0.459 e. The molecule has 4 heterocycles. The minimum Gasteiger partial charge on any atom is -0.459 e. The number of nitrogens with one attached hydrogen (secondary N) is 1. The van der Waals surface area contributed by atoms with E-state index in [0.717, 1.165) is 74.7 Å². The first kappa shape index (κ1) is 62.4. The van der Waals surface area contributed by atoms with Crippen LogP contribution in [0, 0.1) is 23.7 Å². The maximum absolute atomic E-state index is 14.5. The Morgan fingerprint density at radius 3 is 2.11 bits per heavy atom. The molecule has 0 radical (unpaired) electrons. The van der Waals surface area contributed by atoms with Gasteiger partial charge >= 0.3 is 5.97 Å². The highest BCUT2D eigenvalue weighted by molar-refractivity contribution is 5.83.